The summed E-state index contributed by atoms with van der Waals surface area (Å²) in [5, 5.41) is 8.74. The summed E-state index contributed by atoms with van der Waals surface area (Å²) >= 11 is 2.95. The first-order valence-electron chi connectivity index (χ1n) is 11.0. The number of nitrogens with zero attached hydrogens (tertiary/aromatic N) is 1. The summed E-state index contributed by atoms with van der Waals surface area (Å²) in [4.78, 5) is 25.7. The van der Waals surface area contributed by atoms with E-state index in [1.165, 1.54) is 11.3 Å². The van der Waals surface area contributed by atoms with E-state index in [1.54, 1.807) is 11.8 Å². The SMILES string of the molecule is O=C(O)CCCOc1cccc(SCCn2c(-c3ccccc3)c(-c3ccccc3)sc2=O)c1. The molecule has 0 saturated heterocycles. The zero-order chi connectivity index (χ0) is 23.8. The number of rotatable bonds is 11. The second-order valence-corrected chi connectivity index (χ2v) is 9.73. The fourth-order valence-corrected chi connectivity index (χ4v) is 5.53. The first-order chi connectivity index (χ1) is 16.6. The molecule has 1 N–H and O–H groups in total. The van der Waals surface area contributed by atoms with Gasteiger partial charge in [0.15, 0.2) is 0 Å². The number of thioether (sulfide) groups is 1. The van der Waals surface area contributed by atoms with Crippen molar-refractivity contribution >= 4 is 29.1 Å². The smallest absolute Gasteiger partial charge is 0.308 e. The zero-order valence-corrected chi connectivity index (χ0v) is 20.2. The number of hydrogen-bond acceptors (Lipinski definition) is 5. The van der Waals surface area contributed by atoms with Gasteiger partial charge in [-0.05, 0) is 35.7 Å². The van der Waals surface area contributed by atoms with Crippen molar-refractivity contribution in [3.05, 3.63) is 94.6 Å². The van der Waals surface area contributed by atoms with Crippen molar-refractivity contribution in [3.63, 3.8) is 0 Å². The van der Waals surface area contributed by atoms with Crippen LogP contribution in [0.15, 0.2) is 94.6 Å². The predicted molar refractivity (Wildman–Crippen MR) is 139 cm³/mol. The number of aliphatic carboxylic acids is 1. The fraction of sp³-hybridized carbons (Fsp3) is 0.185. The summed E-state index contributed by atoms with van der Waals surface area (Å²) in [6.07, 6.45) is 0.568. The molecule has 0 fully saturated rings. The maximum atomic E-state index is 13.0. The Morgan fingerprint density at radius 1 is 0.941 bits per heavy atom. The maximum Gasteiger partial charge on any atom is 0.308 e. The average molecular weight is 492 g/mol. The first kappa shape index (κ1) is 23.9. The Kier molecular flexibility index (Phi) is 8.22. The molecule has 0 saturated carbocycles. The number of ether oxygens (including phenoxy) is 1. The molecular weight excluding hydrogens is 466 g/mol. The average Bonchev–Trinajstić information content (AvgIpc) is 3.19. The predicted octanol–water partition coefficient (Wildman–Crippen LogP) is 6.28. The van der Waals surface area contributed by atoms with E-state index in [9.17, 15) is 9.59 Å². The summed E-state index contributed by atoms with van der Waals surface area (Å²) in [6, 6.07) is 27.9. The van der Waals surface area contributed by atoms with Gasteiger partial charge in [-0.3, -0.25) is 14.2 Å². The van der Waals surface area contributed by atoms with Crippen LogP contribution in [0.5, 0.6) is 5.75 Å². The van der Waals surface area contributed by atoms with Gasteiger partial charge in [-0.15, -0.1) is 11.8 Å². The Balaban J connectivity index is 1.49. The number of aromatic nitrogens is 1. The lowest BCUT2D eigenvalue weighted by Gasteiger charge is -2.11. The topological polar surface area (TPSA) is 68.5 Å². The Hall–Kier alpha value is -3.29. The molecule has 4 rings (SSSR count). The lowest BCUT2D eigenvalue weighted by Crippen LogP contribution is -2.15. The minimum atomic E-state index is -0.818. The summed E-state index contributed by atoms with van der Waals surface area (Å²) in [6.45, 7) is 0.953. The van der Waals surface area contributed by atoms with Gasteiger partial charge in [0.1, 0.15) is 5.75 Å². The molecule has 1 heterocycles. The second kappa shape index (κ2) is 11.7. The standard InChI is InChI=1S/C27H25NO4S2/c29-24(30)15-8-17-32-22-13-7-14-23(19-22)33-18-16-28-25(20-9-3-1-4-10-20)26(34-27(28)31)21-11-5-2-6-12-21/h1-7,9-14,19H,8,15-18H2,(H,29,30). The van der Waals surface area contributed by atoms with Gasteiger partial charge >= 0.3 is 10.8 Å². The molecule has 0 unspecified atom stereocenters. The van der Waals surface area contributed by atoms with Gasteiger partial charge in [-0.1, -0.05) is 78.1 Å². The van der Waals surface area contributed by atoms with Crippen LogP contribution in [-0.4, -0.2) is 28.0 Å². The van der Waals surface area contributed by atoms with Gasteiger partial charge in [0.25, 0.3) is 0 Å². The fourth-order valence-electron chi connectivity index (χ4n) is 3.60. The molecule has 0 radical (unpaired) electrons. The van der Waals surface area contributed by atoms with Crippen LogP contribution < -0.4 is 9.61 Å². The molecule has 34 heavy (non-hydrogen) atoms. The molecule has 0 spiro atoms. The van der Waals surface area contributed by atoms with Gasteiger partial charge in [-0.25, -0.2) is 0 Å². The summed E-state index contributed by atoms with van der Waals surface area (Å²) in [7, 11) is 0. The molecule has 5 nitrogen and oxygen atoms in total. The van der Waals surface area contributed by atoms with Crippen LogP contribution in [0, 0.1) is 0 Å². The van der Waals surface area contributed by atoms with Crippen LogP contribution in [0.3, 0.4) is 0 Å². The van der Waals surface area contributed by atoms with Crippen LogP contribution in [0.1, 0.15) is 12.8 Å². The number of thiazole rings is 1. The second-order valence-electron chi connectivity index (χ2n) is 7.60. The molecule has 0 aliphatic heterocycles. The van der Waals surface area contributed by atoms with Crippen LogP contribution in [0.25, 0.3) is 21.7 Å². The Bertz CT molecular complexity index is 1280. The van der Waals surface area contributed by atoms with Crippen LogP contribution in [-0.2, 0) is 11.3 Å². The van der Waals surface area contributed by atoms with Crippen molar-refractivity contribution < 1.29 is 14.6 Å². The first-order valence-corrected chi connectivity index (χ1v) is 12.8. The summed E-state index contributed by atoms with van der Waals surface area (Å²) in [5.41, 5.74) is 3.03. The van der Waals surface area contributed by atoms with Crippen LogP contribution in [0.2, 0.25) is 0 Å². The summed E-state index contributed by atoms with van der Waals surface area (Å²) < 4.78 is 7.56. The molecule has 0 bridgehead atoms. The van der Waals surface area contributed by atoms with Crippen molar-refractivity contribution in [1.82, 2.24) is 4.57 Å². The molecule has 0 amide bonds. The minimum absolute atomic E-state index is 0.0359. The molecule has 0 aliphatic rings. The molecule has 0 atom stereocenters. The van der Waals surface area contributed by atoms with Crippen molar-refractivity contribution in [2.24, 2.45) is 0 Å². The lowest BCUT2D eigenvalue weighted by atomic mass is 10.1. The van der Waals surface area contributed by atoms with E-state index in [4.69, 9.17) is 9.84 Å². The molecule has 7 heteroatoms. The number of carboxylic acid groups (broad SMARTS) is 1. The highest BCUT2D eigenvalue weighted by atomic mass is 32.2. The number of hydrogen-bond donors (Lipinski definition) is 1. The van der Waals surface area contributed by atoms with Gasteiger partial charge in [-0.2, -0.15) is 0 Å². The van der Waals surface area contributed by atoms with Crippen molar-refractivity contribution in [2.45, 2.75) is 24.3 Å². The van der Waals surface area contributed by atoms with Gasteiger partial charge in [0.05, 0.1) is 17.2 Å². The molecule has 1 aromatic heterocycles. The number of benzene rings is 3. The minimum Gasteiger partial charge on any atom is -0.494 e. The van der Waals surface area contributed by atoms with E-state index < -0.39 is 5.97 Å². The van der Waals surface area contributed by atoms with Crippen LogP contribution in [0.4, 0.5) is 0 Å². The van der Waals surface area contributed by atoms with E-state index in [2.05, 4.69) is 0 Å². The Morgan fingerprint density at radius 3 is 2.35 bits per heavy atom. The van der Waals surface area contributed by atoms with Gasteiger partial charge in [0.2, 0.25) is 0 Å². The third-order valence-corrected chi connectivity index (χ3v) is 7.17. The largest absolute Gasteiger partial charge is 0.494 e. The lowest BCUT2D eigenvalue weighted by molar-refractivity contribution is -0.137. The van der Waals surface area contributed by atoms with Crippen LogP contribution >= 0.6 is 23.1 Å². The van der Waals surface area contributed by atoms with E-state index in [-0.39, 0.29) is 11.3 Å². The van der Waals surface area contributed by atoms with Gasteiger partial charge in [0, 0.05) is 23.6 Å². The normalized spacial score (nSPS) is 10.8. The monoisotopic (exact) mass is 491 g/mol. The van der Waals surface area contributed by atoms with Crippen molar-refractivity contribution in [1.29, 1.82) is 0 Å². The number of carboxylic acids is 1. The Morgan fingerprint density at radius 2 is 1.65 bits per heavy atom. The molecule has 4 aromatic rings. The molecule has 174 valence electrons. The highest BCUT2D eigenvalue weighted by Crippen LogP contribution is 2.35. The zero-order valence-electron chi connectivity index (χ0n) is 18.6. The highest BCUT2D eigenvalue weighted by molar-refractivity contribution is 7.99. The van der Waals surface area contributed by atoms with E-state index in [0.717, 1.165) is 38.1 Å². The number of carbonyl (C=O) groups is 1. The van der Waals surface area contributed by atoms with E-state index in [0.29, 0.717) is 19.6 Å². The summed E-state index contributed by atoms with van der Waals surface area (Å²) in [5.74, 6) is 0.633. The van der Waals surface area contributed by atoms with E-state index in [1.807, 2.05) is 89.5 Å². The van der Waals surface area contributed by atoms with Crippen molar-refractivity contribution in [2.75, 3.05) is 12.4 Å². The van der Waals surface area contributed by atoms with E-state index >= 15 is 0 Å². The quantitative estimate of drug-likeness (QED) is 0.198. The molecule has 3 aromatic carbocycles. The Labute approximate surface area is 206 Å². The van der Waals surface area contributed by atoms with Crippen molar-refractivity contribution in [3.8, 4) is 27.4 Å². The maximum absolute atomic E-state index is 13.0. The molecular formula is C27H25NO4S2. The highest BCUT2D eigenvalue weighted by Gasteiger charge is 2.17. The molecule has 0 aliphatic carbocycles. The third-order valence-electron chi connectivity index (χ3n) is 5.17. The van der Waals surface area contributed by atoms with Gasteiger partial charge < -0.3 is 9.84 Å². The third kappa shape index (κ3) is 6.18.